The first-order chi connectivity index (χ1) is 12.9. The second-order valence-electron chi connectivity index (χ2n) is 7.35. The van der Waals surface area contributed by atoms with Gasteiger partial charge in [-0.1, -0.05) is 54.1 Å². The Morgan fingerprint density at radius 1 is 1.19 bits per heavy atom. The fraction of sp³-hybridized carbons (Fsp3) is 0.364. The summed E-state index contributed by atoms with van der Waals surface area (Å²) in [6.45, 7) is 2.69. The zero-order valence-corrected chi connectivity index (χ0v) is 16.3. The first-order valence-corrected chi connectivity index (χ1v) is 9.68. The van der Waals surface area contributed by atoms with E-state index in [9.17, 15) is 9.59 Å². The third-order valence-electron chi connectivity index (χ3n) is 5.70. The molecule has 0 radical (unpaired) electrons. The van der Waals surface area contributed by atoms with Crippen LogP contribution in [0.4, 0.5) is 0 Å². The Hall–Kier alpha value is -2.33. The molecule has 1 saturated heterocycles. The van der Waals surface area contributed by atoms with Gasteiger partial charge in [-0.3, -0.25) is 9.59 Å². The summed E-state index contributed by atoms with van der Waals surface area (Å²) in [4.78, 5) is 26.4. The number of halogens is 1. The van der Waals surface area contributed by atoms with Gasteiger partial charge in [0, 0.05) is 29.8 Å². The van der Waals surface area contributed by atoms with Gasteiger partial charge in [0.15, 0.2) is 0 Å². The van der Waals surface area contributed by atoms with Gasteiger partial charge >= 0.3 is 0 Å². The molecule has 4 nitrogen and oxygen atoms in total. The summed E-state index contributed by atoms with van der Waals surface area (Å²) < 4.78 is 0. The van der Waals surface area contributed by atoms with Crippen molar-refractivity contribution in [2.75, 3.05) is 6.54 Å². The van der Waals surface area contributed by atoms with Gasteiger partial charge in [-0.2, -0.15) is 0 Å². The Morgan fingerprint density at radius 2 is 1.85 bits per heavy atom. The van der Waals surface area contributed by atoms with Crippen LogP contribution in [0.15, 0.2) is 54.6 Å². The number of primary amides is 1. The van der Waals surface area contributed by atoms with Crippen LogP contribution in [0.1, 0.15) is 49.8 Å². The summed E-state index contributed by atoms with van der Waals surface area (Å²) >= 11 is 5.98. The van der Waals surface area contributed by atoms with Gasteiger partial charge in [-0.25, -0.2) is 0 Å². The molecule has 0 bridgehead atoms. The van der Waals surface area contributed by atoms with Crippen LogP contribution in [0, 0.1) is 0 Å². The third kappa shape index (κ3) is 4.33. The fourth-order valence-electron chi connectivity index (χ4n) is 4.03. The van der Waals surface area contributed by atoms with Crippen molar-refractivity contribution in [3.8, 4) is 0 Å². The van der Waals surface area contributed by atoms with Crippen molar-refractivity contribution in [3.05, 3.63) is 70.7 Å². The molecular formula is C22H25ClN2O2. The highest BCUT2D eigenvalue weighted by Gasteiger charge is 2.41. The van der Waals surface area contributed by atoms with Gasteiger partial charge in [0.2, 0.25) is 11.8 Å². The third-order valence-corrected chi connectivity index (χ3v) is 5.95. The van der Waals surface area contributed by atoms with Crippen LogP contribution in [0.3, 0.4) is 0 Å². The van der Waals surface area contributed by atoms with E-state index in [1.807, 2.05) is 66.4 Å². The van der Waals surface area contributed by atoms with E-state index in [0.717, 1.165) is 17.5 Å². The number of hydrogen-bond donors (Lipinski definition) is 1. The van der Waals surface area contributed by atoms with Gasteiger partial charge in [0.25, 0.3) is 0 Å². The molecule has 3 rings (SSSR count). The lowest BCUT2D eigenvalue weighted by Crippen LogP contribution is -2.47. The molecule has 1 fully saturated rings. The molecule has 0 aliphatic carbocycles. The van der Waals surface area contributed by atoms with E-state index >= 15 is 0 Å². The van der Waals surface area contributed by atoms with Crippen LogP contribution in [0.25, 0.3) is 0 Å². The number of rotatable bonds is 6. The highest BCUT2D eigenvalue weighted by atomic mass is 35.5. The van der Waals surface area contributed by atoms with E-state index < -0.39 is 0 Å². The van der Waals surface area contributed by atoms with Crippen LogP contribution in [0.2, 0.25) is 5.02 Å². The lowest BCUT2D eigenvalue weighted by Gasteiger charge is -2.44. The summed E-state index contributed by atoms with van der Waals surface area (Å²) in [5.74, 6) is -0.216. The standard InChI is InChI=1S/C22H25ClN2O2/c1-16(17-7-9-19(23)10-8-17)25-14-13-22(15-21(25)27,12-11-20(24)26)18-5-3-2-4-6-18/h2-10,16H,11-15H2,1H3,(H2,24,26)/t16-,22-/m0/s1. The topological polar surface area (TPSA) is 63.4 Å². The zero-order valence-electron chi connectivity index (χ0n) is 15.5. The first kappa shape index (κ1) is 19.4. The molecule has 2 aromatic carbocycles. The molecule has 1 aliphatic heterocycles. The van der Waals surface area contributed by atoms with E-state index in [-0.39, 0.29) is 29.7 Å². The number of hydrogen-bond acceptors (Lipinski definition) is 2. The summed E-state index contributed by atoms with van der Waals surface area (Å²) in [6.07, 6.45) is 2.09. The number of amides is 2. The maximum atomic E-state index is 13.1. The number of nitrogens with zero attached hydrogens (tertiary/aromatic N) is 1. The van der Waals surface area contributed by atoms with Gasteiger partial charge in [0.05, 0.1) is 6.04 Å². The van der Waals surface area contributed by atoms with Crippen molar-refractivity contribution in [2.24, 2.45) is 5.73 Å². The summed E-state index contributed by atoms with van der Waals surface area (Å²) in [6, 6.07) is 17.6. The Morgan fingerprint density at radius 3 is 2.44 bits per heavy atom. The van der Waals surface area contributed by atoms with E-state index in [2.05, 4.69) is 0 Å². The molecule has 2 atom stereocenters. The molecule has 0 unspecified atom stereocenters. The highest BCUT2D eigenvalue weighted by molar-refractivity contribution is 6.30. The molecule has 5 heteroatoms. The van der Waals surface area contributed by atoms with Crippen LogP contribution < -0.4 is 5.73 Å². The van der Waals surface area contributed by atoms with Crippen LogP contribution in [0.5, 0.6) is 0 Å². The van der Waals surface area contributed by atoms with Gasteiger partial charge < -0.3 is 10.6 Å². The highest BCUT2D eigenvalue weighted by Crippen LogP contribution is 2.42. The number of likely N-dealkylation sites (tertiary alicyclic amines) is 1. The molecule has 0 aromatic heterocycles. The van der Waals surface area contributed by atoms with Crippen molar-refractivity contribution in [2.45, 2.75) is 44.1 Å². The number of piperidine rings is 1. The summed E-state index contributed by atoms with van der Waals surface area (Å²) in [5, 5.41) is 0.686. The van der Waals surface area contributed by atoms with Crippen LogP contribution in [-0.4, -0.2) is 23.3 Å². The Labute approximate surface area is 165 Å². The quantitative estimate of drug-likeness (QED) is 0.810. The van der Waals surface area contributed by atoms with E-state index in [4.69, 9.17) is 17.3 Å². The molecule has 2 aromatic rings. The molecule has 1 heterocycles. The predicted molar refractivity (Wildman–Crippen MR) is 107 cm³/mol. The Bertz CT molecular complexity index is 807. The number of nitrogens with two attached hydrogens (primary N) is 1. The van der Waals surface area contributed by atoms with E-state index in [0.29, 0.717) is 24.4 Å². The Kier molecular flexibility index (Phi) is 5.85. The average Bonchev–Trinajstić information content (AvgIpc) is 2.67. The maximum Gasteiger partial charge on any atom is 0.223 e. The number of benzene rings is 2. The van der Waals surface area contributed by atoms with Crippen LogP contribution >= 0.6 is 11.6 Å². The van der Waals surface area contributed by atoms with Crippen molar-refractivity contribution < 1.29 is 9.59 Å². The lowest BCUT2D eigenvalue weighted by molar-refractivity contribution is -0.139. The molecule has 1 aliphatic rings. The zero-order chi connectivity index (χ0) is 19.4. The van der Waals surface area contributed by atoms with Crippen molar-refractivity contribution in [1.29, 1.82) is 0 Å². The average molecular weight is 385 g/mol. The normalized spacial score (nSPS) is 21.1. The molecular weight excluding hydrogens is 360 g/mol. The lowest BCUT2D eigenvalue weighted by atomic mass is 9.69. The molecule has 27 heavy (non-hydrogen) atoms. The van der Waals surface area contributed by atoms with Crippen molar-refractivity contribution >= 4 is 23.4 Å². The van der Waals surface area contributed by atoms with Crippen LogP contribution in [-0.2, 0) is 15.0 Å². The van der Waals surface area contributed by atoms with E-state index in [1.54, 1.807) is 0 Å². The molecule has 142 valence electrons. The van der Waals surface area contributed by atoms with Crippen molar-refractivity contribution in [3.63, 3.8) is 0 Å². The first-order valence-electron chi connectivity index (χ1n) is 9.30. The molecule has 0 saturated carbocycles. The van der Waals surface area contributed by atoms with Gasteiger partial charge in [0.1, 0.15) is 0 Å². The van der Waals surface area contributed by atoms with Crippen molar-refractivity contribution in [1.82, 2.24) is 4.90 Å². The fourth-order valence-corrected chi connectivity index (χ4v) is 4.15. The largest absolute Gasteiger partial charge is 0.370 e. The second kappa shape index (κ2) is 8.13. The predicted octanol–water partition coefficient (Wildman–Crippen LogP) is 4.23. The minimum atomic E-state index is -0.330. The smallest absolute Gasteiger partial charge is 0.223 e. The molecule has 2 amide bonds. The number of carbonyl (C=O) groups is 2. The Balaban J connectivity index is 1.82. The van der Waals surface area contributed by atoms with E-state index in [1.165, 1.54) is 0 Å². The SMILES string of the molecule is C[C@@H](c1ccc(Cl)cc1)N1CC[C@](CCC(N)=O)(c2ccccc2)CC1=O. The summed E-state index contributed by atoms with van der Waals surface area (Å²) in [5.41, 5.74) is 7.25. The summed E-state index contributed by atoms with van der Waals surface area (Å²) in [7, 11) is 0. The maximum absolute atomic E-state index is 13.1. The monoisotopic (exact) mass is 384 g/mol. The molecule has 2 N–H and O–H groups in total. The molecule has 0 spiro atoms. The number of carbonyl (C=O) groups excluding carboxylic acids is 2. The minimum absolute atomic E-state index is 0.0142. The van der Waals surface area contributed by atoms with Gasteiger partial charge in [-0.15, -0.1) is 0 Å². The second-order valence-corrected chi connectivity index (χ2v) is 7.79. The minimum Gasteiger partial charge on any atom is -0.370 e. The van der Waals surface area contributed by atoms with Gasteiger partial charge in [-0.05, 0) is 43.0 Å².